The van der Waals surface area contributed by atoms with Crippen molar-refractivity contribution in [2.24, 2.45) is 5.92 Å². The Balaban J connectivity index is 1.92. The van der Waals surface area contributed by atoms with E-state index < -0.39 is 0 Å². The molecule has 0 saturated carbocycles. The van der Waals surface area contributed by atoms with Crippen molar-refractivity contribution in [3.63, 3.8) is 0 Å². The van der Waals surface area contributed by atoms with E-state index in [1.807, 2.05) is 49.5 Å². The van der Waals surface area contributed by atoms with Gasteiger partial charge in [-0.15, -0.1) is 0 Å². The Morgan fingerprint density at radius 2 is 1.78 bits per heavy atom. The van der Waals surface area contributed by atoms with Crippen molar-refractivity contribution in [2.75, 3.05) is 26.0 Å². The number of anilines is 1. The van der Waals surface area contributed by atoms with E-state index in [9.17, 15) is 4.79 Å². The van der Waals surface area contributed by atoms with E-state index in [2.05, 4.69) is 33.0 Å². The van der Waals surface area contributed by atoms with Crippen LogP contribution in [0.1, 0.15) is 67.8 Å². The number of hydrogen-bond donors (Lipinski definition) is 1. The van der Waals surface area contributed by atoms with E-state index >= 15 is 0 Å². The Morgan fingerprint density at radius 1 is 1.09 bits per heavy atom. The third-order valence-electron chi connectivity index (χ3n) is 6.34. The summed E-state index contributed by atoms with van der Waals surface area (Å²) in [6.45, 7) is 9.38. The van der Waals surface area contributed by atoms with Crippen LogP contribution in [0.2, 0.25) is 0 Å². The van der Waals surface area contributed by atoms with E-state index in [1.165, 1.54) is 0 Å². The molecule has 172 valence electrons. The zero-order valence-corrected chi connectivity index (χ0v) is 20.2. The number of benzene rings is 2. The molecule has 0 aliphatic carbocycles. The van der Waals surface area contributed by atoms with Crippen molar-refractivity contribution in [3.05, 3.63) is 59.4 Å². The first-order chi connectivity index (χ1) is 15.4. The summed E-state index contributed by atoms with van der Waals surface area (Å²) in [5.74, 6) is 2.25. The van der Waals surface area contributed by atoms with Gasteiger partial charge in [-0.2, -0.15) is 0 Å². The van der Waals surface area contributed by atoms with Crippen LogP contribution in [0, 0.1) is 12.8 Å². The van der Waals surface area contributed by atoms with E-state index in [-0.39, 0.29) is 11.9 Å². The number of furan rings is 1. The van der Waals surface area contributed by atoms with Crippen molar-refractivity contribution in [1.29, 1.82) is 0 Å². The quantitative estimate of drug-likeness (QED) is 0.379. The standard InChI is InChI=1S/C27H36N2O3/c1-7-16-29(5)27(30)20-10-12-21(13-11-20)28-25(19(8-2)9-3)26-18(4)23-17-22(31-6)14-15-24(23)32-26/h10-15,17,19,25,28H,7-9,16H2,1-6H3. The monoisotopic (exact) mass is 436 g/mol. The number of methoxy groups -OCH3 is 1. The van der Waals surface area contributed by atoms with Crippen molar-refractivity contribution >= 4 is 22.6 Å². The Bertz CT molecular complexity index is 1030. The predicted octanol–water partition coefficient (Wildman–Crippen LogP) is 6.82. The van der Waals surface area contributed by atoms with Crippen LogP contribution in [-0.4, -0.2) is 31.5 Å². The van der Waals surface area contributed by atoms with Crippen molar-refractivity contribution < 1.29 is 13.9 Å². The Labute approximate surface area is 191 Å². The smallest absolute Gasteiger partial charge is 0.253 e. The van der Waals surface area contributed by atoms with E-state index in [0.29, 0.717) is 11.5 Å². The summed E-state index contributed by atoms with van der Waals surface area (Å²) in [4.78, 5) is 14.3. The lowest BCUT2D eigenvalue weighted by Crippen LogP contribution is -2.27. The van der Waals surface area contributed by atoms with Crippen LogP contribution in [0.15, 0.2) is 46.9 Å². The molecule has 5 nitrogen and oxygen atoms in total. The second-order valence-electron chi connectivity index (χ2n) is 8.46. The van der Waals surface area contributed by atoms with Gasteiger partial charge in [-0.05, 0) is 61.7 Å². The normalized spacial score (nSPS) is 12.2. The van der Waals surface area contributed by atoms with E-state index in [4.69, 9.17) is 9.15 Å². The summed E-state index contributed by atoms with van der Waals surface area (Å²) in [5.41, 5.74) is 3.69. The van der Waals surface area contributed by atoms with Crippen molar-refractivity contribution in [1.82, 2.24) is 4.90 Å². The van der Waals surface area contributed by atoms with Gasteiger partial charge in [-0.1, -0.05) is 33.6 Å². The zero-order chi connectivity index (χ0) is 23.3. The van der Waals surface area contributed by atoms with Crippen molar-refractivity contribution in [3.8, 4) is 5.75 Å². The van der Waals surface area contributed by atoms with E-state index in [0.717, 1.165) is 59.5 Å². The molecule has 1 aromatic heterocycles. The highest BCUT2D eigenvalue weighted by Gasteiger charge is 2.27. The molecule has 0 bridgehead atoms. The molecule has 1 N–H and O–H groups in total. The number of carbonyl (C=O) groups is 1. The molecule has 0 radical (unpaired) electrons. The number of fused-ring (bicyclic) bond motifs is 1. The maximum Gasteiger partial charge on any atom is 0.253 e. The van der Waals surface area contributed by atoms with E-state index in [1.54, 1.807) is 12.0 Å². The number of hydrogen-bond acceptors (Lipinski definition) is 4. The number of nitrogens with zero attached hydrogens (tertiary/aromatic N) is 1. The number of ether oxygens (including phenoxy) is 1. The van der Waals surface area contributed by atoms with Gasteiger partial charge in [0.15, 0.2) is 0 Å². The summed E-state index contributed by atoms with van der Waals surface area (Å²) >= 11 is 0. The molecule has 0 aliphatic rings. The molecule has 0 saturated heterocycles. The largest absolute Gasteiger partial charge is 0.497 e. The fourth-order valence-electron chi connectivity index (χ4n) is 4.35. The third kappa shape index (κ3) is 4.93. The minimum atomic E-state index is 0.0349. The maximum atomic E-state index is 12.6. The lowest BCUT2D eigenvalue weighted by molar-refractivity contribution is 0.0795. The highest BCUT2D eigenvalue weighted by atomic mass is 16.5. The fraction of sp³-hybridized carbons (Fsp3) is 0.444. The molecular weight excluding hydrogens is 400 g/mol. The van der Waals surface area contributed by atoms with Crippen LogP contribution >= 0.6 is 0 Å². The molecule has 0 spiro atoms. The average Bonchev–Trinajstić information content (AvgIpc) is 3.14. The van der Waals surface area contributed by atoms with Crippen LogP contribution in [0.5, 0.6) is 5.75 Å². The molecule has 2 aromatic carbocycles. The minimum Gasteiger partial charge on any atom is -0.497 e. The summed E-state index contributed by atoms with van der Waals surface area (Å²) in [6.07, 6.45) is 3.01. The summed E-state index contributed by atoms with van der Waals surface area (Å²) in [6, 6.07) is 13.8. The maximum absolute atomic E-state index is 12.6. The van der Waals surface area contributed by atoms with Gasteiger partial charge >= 0.3 is 0 Å². The first kappa shape index (κ1) is 23.7. The summed E-state index contributed by atoms with van der Waals surface area (Å²) in [7, 11) is 3.53. The molecule has 3 aromatic rings. The molecule has 3 rings (SSSR count). The Morgan fingerprint density at radius 3 is 2.38 bits per heavy atom. The second-order valence-corrected chi connectivity index (χ2v) is 8.46. The van der Waals surface area contributed by atoms with Gasteiger partial charge in [0.2, 0.25) is 0 Å². The van der Waals surface area contributed by atoms with Crippen LogP contribution in [0.3, 0.4) is 0 Å². The molecule has 1 unspecified atom stereocenters. The number of amides is 1. The van der Waals surface area contributed by atoms with Gasteiger partial charge in [-0.25, -0.2) is 0 Å². The molecule has 1 amide bonds. The summed E-state index contributed by atoms with van der Waals surface area (Å²) < 4.78 is 11.8. The second kappa shape index (κ2) is 10.6. The molecule has 32 heavy (non-hydrogen) atoms. The van der Waals surface area contributed by atoms with Gasteiger partial charge in [0.25, 0.3) is 5.91 Å². The van der Waals surface area contributed by atoms with Crippen LogP contribution in [0.4, 0.5) is 5.69 Å². The van der Waals surface area contributed by atoms with Gasteiger partial charge in [0, 0.05) is 35.8 Å². The zero-order valence-electron chi connectivity index (χ0n) is 20.2. The molecular formula is C27H36N2O3. The topological polar surface area (TPSA) is 54.7 Å². The first-order valence-corrected chi connectivity index (χ1v) is 11.6. The van der Waals surface area contributed by atoms with Crippen LogP contribution in [-0.2, 0) is 0 Å². The van der Waals surface area contributed by atoms with Crippen molar-refractivity contribution in [2.45, 2.75) is 53.0 Å². The average molecular weight is 437 g/mol. The minimum absolute atomic E-state index is 0.0349. The SMILES string of the molecule is CCCN(C)C(=O)c1ccc(NC(c2oc3ccc(OC)cc3c2C)C(CC)CC)cc1. The predicted molar refractivity (Wildman–Crippen MR) is 132 cm³/mol. The van der Waals surface area contributed by atoms with Gasteiger partial charge in [-0.3, -0.25) is 4.79 Å². The number of nitrogens with one attached hydrogen (secondary N) is 1. The summed E-state index contributed by atoms with van der Waals surface area (Å²) in [5, 5.41) is 4.78. The van der Waals surface area contributed by atoms with Gasteiger partial charge in [0.1, 0.15) is 17.1 Å². The fourth-order valence-corrected chi connectivity index (χ4v) is 4.35. The van der Waals surface area contributed by atoms with Gasteiger partial charge in [0.05, 0.1) is 13.2 Å². The van der Waals surface area contributed by atoms with Gasteiger partial charge < -0.3 is 19.4 Å². The van der Waals surface area contributed by atoms with Crippen LogP contribution in [0.25, 0.3) is 11.0 Å². The van der Waals surface area contributed by atoms with Crippen LogP contribution < -0.4 is 10.1 Å². The molecule has 1 heterocycles. The lowest BCUT2D eigenvalue weighted by Gasteiger charge is -2.26. The Hall–Kier alpha value is -2.95. The Kier molecular flexibility index (Phi) is 7.84. The molecule has 0 aliphatic heterocycles. The first-order valence-electron chi connectivity index (χ1n) is 11.6. The highest BCUT2D eigenvalue weighted by Crippen LogP contribution is 2.38. The number of aryl methyl sites for hydroxylation is 1. The molecule has 0 fully saturated rings. The lowest BCUT2D eigenvalue weighted by atomic mass is 9.90. The third-order valence-corrected chi connectivity index (χ3v) is 6.34. The number of rotatable bonds is 10. The molecule has 5 heteroatoms. The molecule has 1 atom stereocenters. The number of carbonyl (C=O) groups excluding carboxylic acids is 1. The highest BCUT2D eigenvalue weighted by molar-refractivity contribution is 5.94.